The number of aromatic amines is 1. The minimum atomic E-state index is -4.23. The summed E-state index contributed by atoms with van der Waals surface area (Å²) in [6, 6.07) is 9.27. The van der Waals surface area contributed by atoms with Crippen molar-refractivity contribution in [3.05, 3.63) is 79.7 Å². The van der Waals surface area contributed by atoms with Crippen LogP contribution >= 0.6 is 23.2 Å². The molecule has 1 aliphatic heterocycles. The Balaban J connectivity index is 1.38. The third kappa shape index (κ3) is 5.80. The van der Waals surface area contributed by atoms with Gasteiger partial charge in [-0.15, -0.1) is 0 Å². The van der Waals surface area contributed by atoms with E-state index in [9.17, 15) is 23.2 Å². The van der Waals surface area contributed by atoms with E-state index in [1.165, 1.54) is 35.4 Å². The fourth-order valence-electron chi connectivity index (χ4n) is 5.50. The lowest BCUT2D eigenvalue weighted by Crippen LogP contribution is -2.48. The van der Waals surface area contributed by atoms with Crippen molar-refractivity contribution in [1.82, 2.24) is 19.6 Å². The van der Waals surface area contributed by atoms with Gasteiger partial charge in [0.05, 0.1) is 10.5 Å². The maximum absolute atomic E-state index is 13.7. The van der Waals surface area contributed by atoms with Crippen LogP contribution in [0, 0.1) is 5.92 Å². The largest absolute Gasteiger partial charge is 0.489 e. The quantitative estimate of drug-likeness (QED) is 0.256. The van der Waals surface area contributed by atoms with Crippen LogP contribution in [0.4, 0.5) is 0 Å². The number of nitrogens with one attached hydrogen (secondary N) is 2. The molecule has 1 fully saturated rings. The summed E-state index contributed by atoms with van der Waals surface area (Å²) in [6.45, 7) is 0.579. The van der Waals surface area contributed by atoms with Gasteiger partial charge in [-0.25, -0.2) is 13.9 Å². The molecule has 0 spiro atoms. The number of ether oxygens (including phenoxy) is 1. The predicted molar refractivity (Wildman–Crippen MR) is 149 cm³/mol. The summed E-state index contributed by atoms with van der Waals surface area (Å²) in [5.41, 5.74) is 2.36. The number of carbonyl (C=O) groups is 1. The number of amides is 1. The van der Waals surface area contributed by atoms with Crippen LogP contribution in [-0.2, 0) is 34.4 Å². The number of benzene rings is 2. The number of hydrogen-bond acceptors (Lipinski definition) is 6. The van der Waals surface area contributed by atoms with Gasteiger partial charge in [0.2, 0.25) is 10.0 Å². The van der Waals surface area contributed by atoms with E-state index in [-0.39, 0.29) is 30.0 Å². The first-order valence-corrected chi connectivity index (χ1v) is 15.3. The van der Waals surface area contributed by atoms with Crippen molar-refractivity contribution in [2.75, 3.05) is 6.54 Å². The summed E-state index contributed by atoms with van der Waals surface area (Å²) < 4.78 is 35.6. The molecule has 0 radical (unpaired) electrons. The van der Waals surface area contributed by atoms with Crippen molar-refractivity contribution in [3.63, 3.8) is 0 Å². The van der Waals surface area contributed by atoms with E-state index < -0.39 is 27.5 Å². The summed E-state index contributed by atoms with van der Waals surface area (Å²) in [5, 5.41) is 13.5. The minimum absolute atomic E-state index is 0.0389. The molecule has 1 saturated carbocycles. The number of H-pyrrole nitrogens is 1. The molecule has 1 amide bonds. The first kappa shape index (κ1) is 28.7. The zero-order valence-corrected chi connectivity index (χ0v) is 23.9. The van der Waals surface area contributed by atoms with Gasteiger partial charge in [-0.2, -0.15) is 4.31 Å². The van der Waals surface area contributed by atoms with Gasteiger partial charge in [-0.05, 0) is 55.2 Å². The Bertz CT molecular complexity index is 1550. The van der Waals surface area contributed by atoms with Crippen LogP contribution in [0.5, 0.6) is 5.75 Å². The Morgan fingerprint density at radius 3 is 2.50 bits per heavy atom. The Labute approximate surface area is 241 Å². The van der Waals surface area contributed by atoms with Gasteiger partial charge in [-0.3, -0.25) is 24.6 Å². The van der Waals surface area contributed by atoms with Gasteiger partial charge < -0.3 is 4.74 Å². The second-order valence-corrected chi connectivity index (χ2v) is 12.9. The van der Waals surface area contributed by atoms with E-state index in [1.807, 2.05) is 0 Å². The minimum Gasteiger partial charge on any atom is -0.489 e. The number of halogens is 2. The molecule has 3 aromatic rings. The van der Waals surface area contributed by atoms with Crippen LogP contribution < -0.4 is 15.8 Å². The number of hydroxylamine groups is 1. The SMILES string of the molecule is O=C(NO)C1c2c([nH]n(CC3CCCCC3)c2=O)CCN1S(=O)(=O)c1ccc(OCc2ccc(Cl)cc2Cl)cc1. The first-order valence-electron chi connectivity index (χ1n) is 13.1. The number of carbonyl (C=O) groups excluding carboxylic acids is 1. The van der Waals surface area contributed by atoms with Crippen molar-refractivity contribution in [1.29, 1.82) is 0 Å². The van der Waals surface area contributed by atoms with E-state index in [1.54, 1.807) is 23.7 Å². The van der Waals surface area contributed by atoms with Gasteiger partial charge in [0.25, 0.3) is 11.5 Å². The summed E-state index contributed by atoms with van der Waals surface area (Å²) in [7, 11) is -4.23. The fraction of sp³-hybridized carbons (Fsp3) is 0.407. The van der Waals surface area contributed by atoms with Crippen molar-refractivity contribution in [3.8, 4) is 5.75 Å². The molecule has 1 unspecified atom stereocenters. The lowest BCUT2D eigenvalue weighted by Gasteiger charge is -2.32. The van der Waals surface area contributed by atoms with Crippen LogP contribution in [0.15, 0.2) is 52.2 Å². The van der Waals surface area contributed by atoms with E-state index in [4.69, 9.17) is 27.9 Å². The summed E-state index contributed by atoms with van der Waals surface area (Å²) in [4.78, 5) is 26.2. The number of hydrogen-bond donors (Lipinski definition) is 3. The highest BCUT2D eigenvalue weighted by atomic mass is 35.5. The average Bonchev–Trinajstić information content (AvgIpc) is 3.27. The molecule has 2 heterocycles. The Hall–Kier alpha value is -2.83. The number of nitrogens with zero attached hydrogens (tertiary/aromatic N) is 2. The Kier molecular flexibility index (Phi) is 8.58. The molecule has 2 aromatic carbocycles. The second kappa shape index (κ2) is 12.0. The molecule has 1 aliphatic carbocycles. The normalized spacial score (nSPS) is 18.3. The number of rotatable bonds is 8. The third-order valence-electron chi connectivity index (χ3n) is 7.58. The summed E-state index contributed by atoms with van der Waals surface area (Å²) in [6.07, 6.45) is 5.66. The highest BCUT2D eigenvalue weighted by Gasteiger charge is 2.43. The average molecular weight is 610 g/mol. The molecule has 10 nitrogen and oxygen atoms in total. The summed E-state index contributed by atoms with van der Waals surface area (Å²) in [5.74, 6) is -0.245. The van der Waals surface area contributed by atoms with Crippen molar-refractivity contribution in [2.24, 2.45) is 5.92 Å². The fourth-order valence-corrected chi connectivity index (χ4v) is 7.52. The molecule has 40 heavy (non-hydrogen) atoms. The van der Waals surface area contributed by atoms with Crippen molar-refractivity contribution >= 4 is 39.1 Å². The highest BCUT2D eigenvalue weighted by Crippen LogP contribution is 2.33. The monoisotopic (exact) mass is 608 g/mol. The zero-order chi connectivity index (χ0) is 28.4. The number of aromatic nitrogens is 2. The molecule has 2 aliphatic rings. The summed E-state index contributed by atoms with van der Waals surface area (Å²) >= 11 is 12.1. The molecule has 1 aromatic heterocycles. The van der Waals surface area contributed by atoms with Crippen molar-refractivity contribution in [2.45, 2.75) is 62.6 Å². The van der Waals surface area contributed by atoms with Gasteiger partial charge in [0, 0.05) is 40.8 Å². The van der Waals surface area contributed by atoms with E-state index in [2.05, 4.69) is 5.10 Å². The molecular weight excluding hydrogens is 579 g/mol. The topological polar surface area (TPSA) is 134 Å². The van der Waals surface area contributed by atoms with Crippen molar-refractivity contribution < 1.29 is 23.2 Å². The van der Waals surface area contributed by atoms with Crippen LogP contribution in [0.3, 0.4) is 0 Å². The molecule has 0 bridgehead atoms. The maximum Gasteiger partial charge on any atom is 0.272 e. The van der Waals surface area contributed by atoms with E-state index in [0.29, 0.717) is 39.5 Å². The standard InChI is InChI=1S/C27H30Cl2N4O6S/c28-19-7-6-18(22(29)14-19)16-39-20-8-10-21(11-9-20)40(37,38)33-13-12-23-24(25(33)26(34)31-36)27(35)32(30-23)15-17-4-2-1-3-5-17/h6-11,14,17,25,30,36H,1-5,12-13,15-16H2,(H,31,34). The van der Waals surface area contributed by atoms with Gasteiger partial charge >= 0.3 is 0 Å². The lowest BCUT2D eigenvalue weighted by molar-refractivity contribution is -0.133. The third-order valence-corrected chi connectivity index (χ3v) is 10.0. The molecule has 5 rings (SSSR count). The molecular formula is C27H30Cl2N4O6S. The van der Waals surface area contributed by atoms with Gasteiger partial charge in [-0.1, -0.05) is 48.5 Å². The number of sulfonamides is 1. The van der Waals surface area contributed by atoms with Crippen LogP contribution in [0.2, 0.25) is 10.0 Å². The Morgan fingerprint density at radius 1 is 1.10 bits per heavy atom. The van der Waals surface area contributed by atoms with E-state index >= 15 is 0 Å². The maximum atomic E-state index is 13.7. The lowest BCUT2D eigenvalue weighted by atomic mass is 9.89. The van der Waals surface area contributed by atoms with Crippen LogP contribution in [0.25, 0.3) is 0 Å². The smallest absolute Gasteiger partial charge is 0.272 e. The highest BCUT2D eigenvalue weighted by molar-refractivity contribution is 7.89. The molecule has 3 N–H and O–H groups in total. The zero-order valence-electron chi connectivity index (χ0n) is 21.6. The van der Waals surface area contributed by atoms with Crippen LogP contribution in [-0.4, -0.2) is 40.2 Å². The molecule has 214 valence electrons. The van der Waals surface area contributed by atoms with Gasteiger partial charge in [0.15, 0.2) is 0 Å². The predicted octanol–water partition coefficient (Wildman–Crippen LogP) is 4.44. The number of fused-ring (bicyclic) bond motifs is 1. The molecule has 1 atom stereocenters. The second-order valence-electron chi connectivity index (χ2n) is 10.2. The van der Waals surface area contributed by atoms with E-state index in [0.717, 1.165) is 30.0 Å². The molecule has 0 saturated heterocycles. The Morgan fingerprint density at radius 2 is 1.82 bits per heavy atom. The van der Waals surface area contributed by atoms with Gasteiger partial charge in [0.1, 0.15) is 18.4 Å². The van der Waals surface area contributed by atoms with Crippen LogP contribution in [0.1, 0.15) is 55.0 Å². The molecule has 13 heteroatoms. The first-order chi connectivity index (χ1) is 19.2.